The Morgan fingerprint density at radius 3 is 3.00 bits per heavy atom. The lowest BCUT2D eigenvalue weighted by Gasteiger charge is -2.24. The maximum absolute atomic E-state index is 12.5. The highest BCUT2D eigenvalue weighted by molar-refractivity contribution is 7.89. The second-order valence-electron chi connectivity index (χ2n) is 5.26. The molecule has 0 radical (unpaired) electrons. The van der Waals surface area contributed by atoms with Gasteiger partial charge in [0.15, 0.2) is 5.13 Å². The number of nitrogens with one attached hydrogen (secondary N) is 1. The van der Waals surface area contributed by atoms with Crippen LogP contribution in [-0.2, 0) is 10.0 Å². The van der Waals surface area contributed by atoms with Crippen molar-refractivity contribution in [2.45, 2.75) is 23.8 Å². The number of rotatable bonds is 5. The first-order chi connectivity index (χ1) is 11.1. The van der Waals surface area contributed by atoms with Crippen molar-refractivity contribution in [2.24, 2.45) is 0 Å². The zero-order valence-electron chi connectivity index (χ0n) is 12.3. The third-order valence-corrected chi connectivity index (χ3v) is 6.14. The smallest absolute Gasteiger partial charge is 0.241 e. The number of nitriles is 1. The van der Waals surface area contributed by atoms with Crippen LogP contribution in [0, 0.1) is 11.3 Å². The van der Waals surface area contributed by atoms with Crippen molar-refractivity contribution in [1.82, 2.24) is 9.71 Å². The number of nitrogens with zero attached hydrogens (tertiary/aromatic N) is 3. The molecule has 1 saturated heterocycles. The minimum atomic E-state index is -3.70. The van der Waals surface area contributed by atoms with Gasteiger partial charge in [-0.05, 0) is 25.0 Å². The molecule has 0 spiro atoms. The first-order valence-corrected chi connectivity index (χ1v) is 9.63. The van der Waals surface area contributed by atoms with E-state index in [9.17, 15) is 8.42 Å². The van der Waals surface area contributed by atoms with Gasteiger partial charge in [0.25, 0.3) is 0 Å². The van der Waals surface area contributed by atoms with E-state index in [1.165, 1.54) is 12.1 Å². The molecule has 1 fully saturated rings. The van der Waals surface area contributed by atoms with E-state index in [4.69, 9.17) is 5.26 Å². The third kappa shape index (κ3) is 3.37. The number of aromatic nitrogens is 1. The quantitative estimate of drug-likeness (QED) is 0.893. The number of hydrogen-bond donors (Lipinski definition) is 1. The molecule has 0 bridgehead atoms. The SMILES string of the molecule is N#Cc1ccccc1S(=O)(=O)NC[C@@H]1CCCN1c1nccs1. The molecule has 1 N–H and O–H groups in total. The highest BCUT2D eigenvalue weighted by Crippen LogP contribution is 2.27. The fourth-order valence-corrected chi connectivity index (χ4v) is 4.70. The van der Waals surface area contributed by atoms with Gasteiger partial charge in [0.1, 0.15) is 6.07 Å². The van der Waals surface area contributed by atoms with Crippen LogP contribution in [0.15, 0.2) is 40.7 Å². The van der Waals surface area contributed by atoms with Crippen LogP contribution in [0.3, 0.4) is 0 Å². The lowest BCUT2D eigenvalue weighted by atomic mass is 10.2. The van der Waals surface area contributed by atoms with Gasteiger partial charge in [-0.15, -0.1) is 11.3 Å². The summed E-state index contributed by atoms with van der Waals surface area (Å²) < 4.78 is 27.6. The van der Waals surface area contributed by atoms with E-state index in [0.29, 0.717) is 6.54 Å². The lowest BCUT2D eigenvalue weighted by Crippen LogP contribution is -2.40. The Bertz CT molecular complexity index is 812. The summed E-state index contributed by atoms with van der Waals surface area (Å²) in [5, 5.41) is 11.9. The van der Waals surface area contributed by atoms with E-state index in [1.54, 1.807) is 29.7 Å². The lowest BCUT2D eigenvalue weighted by molar-refractivity contribution is 0.567. The van der Waals surface area contributed by atoms with E-state index in [-0.39, 0.29) is 16.5 Å². The Hall–Kier alpha value is -1.95. The number of sulfonamides is 1. The van der Waals surface area contributed by atoms with Crippen molar-refractivity contribution in [3.63, 3.8) is 0 Å². The predicted octanol–water partition coefficient (Wildman–Crippen LogP) is 1.96. The molecule has 2 heterocycles. The summed E-state index contributed by atoms with van der Waals surface area (Å²) in [6, 6.07) is 8.24. The number of anilines is 1. The molecule has 0 aliphatic carbocycles. The van der Waals surface area contributed by atoms with Crippen molar-refractivity contribution in [3.8, 4) is 6.07 Å². The zero-order chi connectivity index (χ0) is 16.3. The van der Waals surface area contributed by atoms with Crippen LogP contribution in [0.5, 0.6) is 0 Å². The van der Waals surface area contributed by atoms with Crippen LogP contribution in [0.2, 0.25) is 0 Å². The van der Waals surface area contributed by atoms with Crippen molar-refractivity contribution in [1.29, 1.82) is 5.26 Å². The van der Waals surface area contributed by atoms with Gasteiger partial charge in [-0.3, -0.25) is 0 Å². The topological polar surface area (TPSA) is 86.1 Å². The number of hydrogen-bond acceptors (Lipinski definition) is 6. The van der Waals surface area contributed by atoms with Gasteiger partial charge < -0.3 is 4.90 Å². The monoisotopic (exact) mass is 348 g/mol. The van der Waals surface area contributed by atoms with Gasteiger partial charge in [0.2, 0.25) is 10.0 Å². The fourth-order valence-electron chi connectivity index (χ4n) is 2.73. The summed E-state index contributed by atoms with van der Waals surface area (Å²) in [6.45, 7) is 1.19. The van der Waals surface area contributed by atoms with Gasteiger partial charge in [0, 0.05) is 30.7 Å². The maximum Gasteiger partial charge on any atom is 0.241 e. The molecule has 8 heteroatoms. The highest BCUT2D eigenvalue weighted by Gasteiger charge is 2.28. The molecule has 1 aliphatic rings. The molecular formula is C15H16N4O2S2. The van der Waals surface area contributed by atoms with Crippen LogP contribution < -0.4 is 9.62 Å². The summed E-state index contributed by atoms with van der Waals surface area (Å²) in [7, 11) is -3.70. The van der Waals surface area contributed by atoms with Crippen molar-refractivity contribution < 1.29 is 8.42 Å². The van der Waals surface area contributed by atoms with E-state index in [0.717, 1.165) is 24.5 Å². The van der Waals surface area contributed by atoms with Gasteiger partial charge in [-0.25, -0.2) is 18.1 Å². The van der Waals surface area contributed by atoms with Crippen LogP contribution in [0.1, 0.15) is 18.4 Å². The summed E-state index contributed by atoms with van der Waals surface area (Å²) in [6.07, 6.45) is 3.69. The maximum atomic E-state index is 12.5. The average molecular weight is 348 g/mol. The molecule has 0 unspecified atom stereocenters. The first-order valence-electron chi connectivity index (χ1n) is 7.27. The van der Waals surface area contributed by atoms with E-state index >= 15 is 0 Å². The van der Waals surface area contributed by atoms with E-state index in [1.807, 2.05) is 11.4 Å². The van der Waals surface area contributed by atoms with Crippen LogP contribution >= 0.6 is 11.3 Å². The molecular weight excluding hydrogens is 332 g/mol. The van der Waals surface area contributed by atoms with Crippen LogP contribution in [-0.4, -0.2) is 32.5 Å². The minimum Gasteiger partial charge on any atom is -0.344 e. The minimum absolute atomic E-state index is 0.0290. The molecule has 23 heavy (non-hydrogen) atoms. The first kappa shape index (κ1) is 15.9. The second kappa shape index (κ2) is 6.66. The van der Waals surface area contributed by atoms with Crippen molar-refractivity contribution >= 4 is 26.5 Å². The Morgan fingerprint density at radius 2 is 2.26 bits per heavy atom. The summed E-state index contributed by atoms with van der Waals surface area (Å²) in [4.78, 5) is 6.47. The Kier molecular flexibility index (Phi) is 4.61. The molecule has 0 saturated carbocycles. The largest absolute Gasteiger partial charge is 0.344 e. The predicted molar refractivity (Wildman–Crippen MR) is 88.8 cm³/mol. The molecule has 120 valence electrons. The second-order valence-corrected chi connectivity index (χ2v) is 7.87. The van der Waals surface area contributed by atoms with Gasteiger partial charge in [0.05, 0.1) is 10.5 Å². The molecule has 1 aliphatic heterocycles. The molecule has 0 amide bonds. The van der Waals surface area contributed by atoms with Crippen molar-refractivity contribution in [3.05, 3.63) is 41.4 Å². The van der Waals surface area contributed by atoms with E-state index in [2.05, 4.69) is 14.6 Å². The Balaban J connectivity index is 1.73. The fraction of sp³-hybridized carbons (Fsp3) is 0.333. The van der Waals surface area contributed by atoms with Gasteiger partial charge >= 0.3 is 0 Å². The van der Waals surface area contributed by atoms with E-state index < -0.39 is 10.0 Å². The Labute approximate surface area is 139 Å². The van der Waals surface area contributed by atoms with Crippen molar-refractivity contribution in [2.75, 3.05) is 18.0 Å². The number of thiazole rings is 1. The molecule has 1 atom stereocenters. The number of benzene rings is 1. The molecule has 3 rings (SSSR count). The highest BCUT2D eigenvalue weighted by atomic mass is 32.2. The van der Waals surface area contributed by atoms with Gasteiger partial charge in [-0.2, -0.15) is 5.26 Å². The molecule has 2 aromatic rings. The summed E-state index contributed by atoms with van der Waals surface area (Å²) in [5.41, 5.74) is 0.156. The zero-order valence-corrected chi connectivity index (χ0v) is 14.0. The molecule has 6 nitrogen and oxygen atoms in total. The normalized spacial score (nSPS) is 18.0. The average Bonchev–Trinajstić information content (AvgIpc) is 3.23. The summed E-state index contributed by atoms with van der Waals surface area (Å²) in [5.74, 6) is 0. The third-order valence-electron chi connectivity index (χ3n) is 3.85. The van der Waals surface area contributed by atoms with Crippen LogP contribution in [0.25, 0.3) is 0 Å². The van der Waals surface area contributed by atoms with Crippen LogP contribution in [0.4, 0.5) is 5.13 Å². The standard InChI is InChI=1S/C15H16N4O2S2/c16-10-12-4-1-2-6-14(12)23(20,21)18-11-13-5-3-8-19(13)15-17-7-9-22-15/h1-2,4,6-7,9,13,18H,3,5,8,11H2/t13-/m0/s1. The molecule has 1 aromatic heterocycles. The van der Waals surface area contributed by atoms with Gasteiger partial charge in [-0.1, -0.05) is 12.1 Å². The Morgan fingerprint density at radius 1 is 1.43 bits per heavy atom. The summed E-state index contributed by atoms with van der Waals surface area (Å²) >= 11 is 1.55. The molecule has 1 aromatic carbocycles.